The summed E-state index contributed by atoms with van der Waals surface area (Å²) in [7, 11) is 3.90. The third-order valence-corrected chi connectivity index (χ3v) is 7.62. The summed E-state index contributed by atoms with van der Waals surface area (Å²) in [5, 5.41) is 5.63. The molecule has 5 nitrogen and oxygen atoms in total. The zero-order valence-electron chi connectivity index (χ0n) is 19.7. The van der Waals surface area contributed by atoms with Crippen LogP contribution in [0.25, 0.3) is 11.9 Å². The SMILES string of the molecule is COc1ccc(CCC2CN(C3=c4nccc(F)c4=CNc4sc(C)cc43)CCN2C)cc1.Cl. The van der Waals surface area contributed by atoms with E-state index in [4.69, 9.17) is 4.74 Å². The Morgan fingerprint density at radius 1 is 1.21 bits per heavy atom. The quantitative estimate of drug-likeness (QED) is 0.580. The number of thiophene rings is 1. The lowest BCUT2D eigenvalue weighted by molar-refractivity contribution is 0.128. The number of pyridine rings is 1. The monoisotopic (exact) mass is 500 g/mol. The molecule has 1 unspecified atom stereocenters. The van der Waals surface area contributed by atoms with Gasteiger partial charge in [0.1, 0.15) is 16.6 Å². The number of fused-ring (bicyclic) bond motifs is 2. The number of hydrogen-bond donors (Lipinski definition) is 1. The molecule has 0 aliphatic carbocycles. The summed E-state index contributed by atoms with van der Waals surface area (Å²) < 4.78 is 20.0. The highest BCUT2D eigenvalue weighted by atomic mass is 35.5. The second-order valence-electron chi connectivity index (χ2n) is 8.76. The molecule has 8 heteroatoms. The van der Waals surface area contributed by atoms with Crippen LogP contribution in [0.5, 0.6) is 5.75 Å². The van der Waals surface area contributed by atoms with Gasteiger partial charge in [-0.3, -0.25) is 9.88 Å². The molecule has 34 heavy (non-hydrogen) atoms. The van der Waals surface area contributed by atoms with Gasteiger partial charge in [-0.1, -0.05) is 12.1 Å². The number of methoxy groups -OCH3 is 1. The normalized spacial score (nSPS) is 17.6. The zero-order valence-corrected chi connectivity index (χ0v) is 21.3. The van der Waals surface area contributed by atoms with Gasteiger partial charge in [0, 0.05) is 48.5 Å². The van der Waals surface area contributed by atoms with Crippen molar-refractivity contribution in [1.29, 1.82) is 0 Å². The van der Waals surface area contributed by atoms with Crippen LogP contribution >= 0.6 is 23.7 Å². The first-order valence-corrected chi connectivity index (χ1v) is 12.2. The minimum absolute atomic E-state index is 0. The van der Waals surface area contributed by atoms with E-state index in [1.165, 1.54) is 16.5 Å². The first-order chi connectivity index (χ1) is 16.0. The van der Waals surface area contributed by atoms with Crippen LogP contribution in [0.15, 0.2) is 42.6 Å². The van der Waals surface area contributed by atoms with Gasteiger partial charge in [-0.25, -0.2) is 4.39 Å². The van der Waals surface area contributed by atoms with Crippen molar-refractivity contribution in [2.24, 2.45) is 0 Å². The largest absolute Gasteiger partial charge is 0.497 e. The number of rotatable bonds is 5. The Hall–Kier alpha value is -2.61. The fraction of sp³-hybridized carbons (Fsp3) is 0.346. The predicted octanol–water partition coefficient (Wildman–Crippen LogP) is 3.59. The number of aromatic nitrogens is 1. The number of benzene rings is 1. The van der Waals surface area contributed by atoms with Crippen molar-refractivity contribution >= 4 is 40.6 Å². The highest BCUT2D eigenvalue weighted by Crippen LogP contribution is 2.35. The van der Waals surface area contributed by atoms with Crippen LogP contribution in [-0.2, 0) is 6.42 Å². The van der Waals surface area contributed by atoms with E-state index in [2.05, 4.69) is 52.3 Å². The number of halogens is 2. The lowest BCUT2D eigenvalue weighted by Crippen LogP contribution is -2.52. The fourth-order valence-electron chi connectivity index (χ4n) is 4.74. The molecule has 180 valence electrons. The van der Waals surface area contributed by atoms with Crippen LogP contribution in [0, 0.1) is 12.7 Å². The van der Waals surface area contributed by atoms with Gasteiger partial charge in [0.15, 0.2) is 0 Å². The molecule has 0 amide bonds. The molecule has 1 atom stereocenters. The van der Waals surface area contributed by atoms with E-state index in [0.717, 1.165) is 59.8 Å². The molecule has 2 aromatic heterocycles. The standard InChI is InChI=1S/C26H29FN4OS.ClH/c1-17-14-21-25(24-22(15-29-26(21)33-17)23(27)10-11-28-24)31-13-12-30(2)19(16-31)7-4-18-5-8-20(32-3)9-6-18;/h5-6,8-11,14-15,19,29H,4,7,12-13,16H2,1-3H3;1H. The zero-order chi connectivity index (χ0) is 22.9. The van der Waals surface area contributed by atoms with Gasteiger partial charge >= 0.3 is 0 Å². The molecule has 0 radical (unpaired) electrons. The summed E-state index contributed by atoms with van der Waals surface area (Å²) in [6.07, 6.45) is 5.39. The highest BCUT2D eigenvalue weighted by molar-refractivity contribution is 7.16. The first-order valence-electron chi connectivity index (χ1n) is 11.3. The van der Waals surface area contributed by atoms with E-state index in [0.29, 0.717) is 11.3 Å². The maximum atomic E-state index is 14.7. The number of nitrogens with one attached hydrogen (secondary N) is 1. The summed E-state index contributed by atoms with van der Waals surface area (Å²) in [5.41, 5.74) is 3.46. The van der Waals surface area contributed by atoms with E-state index in [1.54, 1.807) is 30.8 Å². The average molecular weight is 501 g/mol. The number of nitrogens with zero attached hydrogens (tertiary/aromatic N) is 3. The molecule has 5 rings (SSSR count). The maximum absolute atomic E-state index is 14.7. The molecule has 0 spiro atoms. The van der Waals surface area contributed by atoms with Crippen molar-refractivity contribution in [2.45, 2.75) is 25.8 Å². The van der Waals surface area contributed by atoms with Crippen molar-refractivity contribution in [3.8, 4) is 5.75 Å². The van der Waals surface area contributed by atoms with Crippen LogP contribution in [0.3, 0.4) is 0 Å². The number of likely N-dealkylation sites (N-methyl/N-ethyl adjacent to an activating group) is 1. The average Bonchev–Trinajstić information content (AvgIpc) is 3.11. The number of anilines is 1. The second kappa shape index (κ2) is 10.3. The van der Waals surface area contributed by atoms with Gasteiger partial charge < -0.3 is 15.0 Å². The van der Waals surface area contributed by atoms with Gasteiger partial charge in [0.25, 0.3) is 0 Å². The first kappa shape index (κ1) is 24.5. The number of ether oxygens (including phenoxy) is 1. The van der Waals surface area contributed by atoms with Gasteiger partial charge in [0.2, 0.25) is 0 Å². The molecule has 2 aliphatic rings. The van der Waals surface area contributed by atoms with Gasteiger partial charge in [-0.2, -0.15) is 0 Å². The lowest BCUT2D eigenvalue weighted by Gasteiger charge is -2.41. The lowest BCUT2D eigenvalue weighted by atomic mass is 10.0. The summed E-state index contributed by atoms with van der Waals surface area (Å²) >= 11 is 1.70. The van der Waals surface area contributed by atoms with Crippen LogP contribution < -0.4 is 20.6 Å². The fourth-order valence-corrected chi connectivity index (χ4v) is 5.63. The summed E-state index contributed by atoms with van der Waals surface area (Å²) in [5.74, 6) is 0.636. The van der Waals surface area contributed by atoms with Crippen LogP contribution in [0.1, 0.15) is 22.4 Å². The summed E-state index contributed by atoms with van der Waals surface area (Å²) in [4.78, 5) is 10.7. The molecule has 0 bridgehead atoms. The maximum Gasteiger partial charge on any atom is 0.135 e. The molecule has 1 saturated heterocycles. The minimum Gasteiger partial charge on any atom is -0.497 e. The molecule has 4 heterocycles. The summed E-state index contributed by atoms with van der Waals surface area (Å²) in [6.45, 7) is 4.84. The third-order valence-electron chi connectivity index (χ3n) is 6.64. The van der Waals surface area contributed by atoms with Crippen molar-refractivity contribution in [3.63, 3.8) is 0 Å². The van der Waals surface area contributed by atoms with Crippen LogP contribution in [0.2, 0.25) is 0 Å². The molecule has 1 fully saturated rings. The van der Waals surface area contributed by atoms with E-state index in [-0.39, 0.29) is 18.2 Å². The molecule has 3 aromatic rings. The Morgan fingerprint density at radius 3 is 2.76 bits per heavy atom. The highest BCUT2D eigenvalue weighted by Gasteiger charge is 2.29. The van der Waals surface area contributed by atoms with Crippen molar-refractivity contribution in [3.05, 3.63) is 75.0 Å². The topological polar surface area (TPSA) is 40.6 Å². The van der Waals surface area contributed by atoms with E-state index in [1.807, 2.05) is 12.1 Å². The van der Waals surface area contributed by atoms with Crippen LogP contribution in [-0.4, -0.2) is 54.6 Å². The van der Waals surface area contributed by atoms with Crippen molar-refractivity contribution < 1.29 is 9.13 Å². The number of hydrogen-bond acceptors (Lipinski definition) is 6. The Morgan fingerprint density at radius 2 is 2.00 bits per heavy atom. The predicted molar refractivity (Wildman–Crippen MR) is 140 cm³/mol. The Labute approximate surface area is 210 Å². The third kappa shape index (κ3) is 4.78. The minimum atomic E-state index is -0.248. The molecular formula is C26H30ClFN4OS. The van der Waals surface area contributed by atoms with E-state index >= 15 is 0 Å². The van der Waals surface area contributed by atoms with Crippen LogP contribution in [0.4, 0.5) is 9.39 Å². The number of aryl methyl sites for hydroxylation is 2. The molecule has 1 aromatic carbocycles. The molecule has 0 saturated carbocycles. The molecule has 1 N–H and O–H groups in total. The summed E-state index contributed by atoms with van der Waals surface area (Å²) in [6, 6.07) is 12.4. The Balaban J connectivity index is 0.00000274. The second-order valence-corrected chi connectivity index (χ2v) is 10.0. The molecule has 2 aliphatic heterocycles. The van der Waals surface area contributed by atoms with Gasteiger partial charge in [0.05, 0.1) is 23.4 Å². The number of piperazine rings is 1. The Bertz CT molecular complexity index is 1280. The smallest absolute Gasteiger partial charge is 0.135 e. The molecular weight excluding hydrogens is 471 g/mol. The van der Waals surface area contributed by atoms with Gasteiger partial charge in [-0.15, -0.1) is 23.7 Å². The van der Waals surface area contributed by atoms with Gasteiger partial charge in [-0.05, 0) is 56.6 Å². The van der Waals surface area contributed by atoms with E-state index < -0.39 is 0 Å². The Kier molecular flexibility index (Phi) is 7.45. The van der Waals surface area contributed by atoms with Crippen molar-refractivity contribution in [1.82, 2.24) is 14.8 Å². The van der Waals surface area contributed by atoms with E-state index in [9.17, 15) is 4.39 Å². The van der Waals surface area contributed by atoms with Crippen molar-refractivity contribution in [2.75, 3.05) is 39.1 Å².